The van der Waals surface area contributed by atoms with Gasteiger partial charge in [0.1, 0.15) is 6.54 Å². The van der Waals surface area contributed by atoms with Gasteiger partial charge in [0.2, 0.25) is 0 Å². The maximum Gasteiger partial charge on any atom is 0.107 e. The molecule has 1 heterocycles. The van der Waals surface area contributed by atoms with Crippen molar-refractivity contribution >= 4 is 11.6 Å². The molecule has 1 N–H and O–H groups in total. The first-order valence-electron chi connectivity index (χ1n) is 4.60. The zero-order chi connectivity index (χ0) is 9.10. The van der Waals surface area contributed by atoms with E-state index in [0.29, 0.717) is 0 Å². The van der Waals surface area contributed by atoms with Gasteiger partial charge in [-0.25, -0.2) is 0 Å². The van der Waals surface area contributed by atoms with Gasteiger partial charge < -0.3 is 17.3 Å². The number of hydrogen-bond acceptors (Lipinski definition) is 0. The first-order valence-corrected chi connectivity index (χ1v) is 4.98. The van der Waals surface area contributed by atoms with Crippen molar-refractivity contribution < 1.29 is 17.3 Å². The number of benzene rings is 1. The molecule has 3 heteroatoms. The molecule has 14 heavy (non-hydrogen) atoms. The fourth-order valence-corrected chi connectivity index (χ4v) is 1.74. The van der Waals surface area contributed by atoms with Crippen molar-refractivity contribution in [2.45, 2.75) is 13.0 Å². The summed E-state index contributed by atoms with van der Waals surface area (Å²) in [6.45, 7) is 2.30. The summed E-state index contributed by atoms with van der Waals surface area (Å²) in [6, 6.07) is 8.11. The average Bonchev–Trinajstić information content (AvgIpc) is 2.62. The Morgan fingerprint density at radius 1 is 1.21 bits per heavy atom. The summed E-state index contributed by atoms with van der Waals surface area (Å²) >= 11 is 5.81. The second-order valence-corrected chi connectivity index (χ2v) is 3.84. The van der Waals surface area contributed by atoms with Crippen LogP contribution in [0.2, 0.25) is 5.02 Å². The largest absolute Gasteiger partial charge is 1.00 e. The fourth-order valence-electron chi connectivity index (χ4n) is 1.61. The second kappa shape index (κ2) is 5.40. The van der Waals surface area contributed by atoms with E-state index in [1.54, 1.807) is 0 Å². The van der Waals surface area contributed by atoms with Gasteiger partial charge in [0.15, 0.2) is 0 Å². The minimum absolute atomic E-state index is 0. The number of hydrogen-bond donors (Lipinski definition) is 1. The summed E-state index contributed by atoms with van der Waals surface area (Å²) in [5.74, 6) is 0. The highest BCUT2D eigenvalue weighted by molar-refractivity contribution is 6.30. The van der Waals surface area contributed by atoms with E-state index >= 15 is 0 Å². The third-order valence-corrected chi connectivity index (χ3v) is 2.58. The molecule has 0 amide bonds. The molecule has 0 bridgehead atoms. The zero-order valence-electron chi connectivity index (χ0n) is 7.84. The summed E-state index contributed by atoms with van der Waals surface area (Å²) in [5.41, 5.74) is 1.35. The lowest BCUT2D eigenvalue weighted by Crippen LogP contribution is -3.04. The third kappa shape index (κ3) is 3.02. The second-order valence-electron chi connectivity index (χ2n) is 3.40. The van der Waals surface area contributed by atoms with Crippen LogP contribution in [-0.4, -0.2) is 6.54 Å². The van der Waals surface area contributed by atoms with Crippen LogP contribution >= 0.6 is 11.6 Å². The van der Waals surface area contributed by atoms with Crippen LogP contribution in [0.5, 0.6) is 0 Å². The molecule has 1 atom stereocenters. The van der Waals surface area contributed by atoms with Crippen LogP contribution in [0.1, 0.15) is 12.0 Å². The van der Waals surface area contributed by atoms with Crippen molar-refractivity contribution in [2.24, 2.45) is 0 Å². The first-order chi connectivity index (χ1) is 6.34. The van der Waals surface area contributed by atoms with Crippen molar-refractivity contribution in [1.82, 2.24) is 0 Å². The maximum absolute atomic E-state index is 5.81. The Bertz CT molecular complexity index is 306. The Labute approximate surface area is 95.8 Å². The molecule has 0 aliphatic carbocycles. The normalized spacial score (nSPS) is 19.4. The van der Waals surface area contributed by atoms with Crippen molar-refractivity contribution in [3.05, 3.63) is 47.1 Å². The van der Waals surface area contributed by atoms with Gasteiger partial charge in [-0.1, -0.05) is 23.7 Å². The molecule has 0 spiro atoms. The van der Waals surface area contributed by atoms with Crippen molar-refractivity contribution in [3.8, 4) is 0 Å². The summed E-state index contributed by atoms with van der Waals surface area (Å²) in [7, 11) is 0. The Kier molecular flexibility index (Phi) is 4.46. The van der Waals surface area contributed by atoms with Gasteiger partial charge in [0, 0.05) is 17.0 Å². The van der Waals surface area contributed by atoms with Crippen LogP contribution in [0.3, 0.4) is 0 Å². The molecule has 2 rings (SSSR count). The average molecular weight is 230 g/mol. The molecule has 0 saturated carbocycles. The Hall–Kier alpha value is -0.500. The van der Waals surface area contributed by atoms with E-state index in [0.717, 1.165) is 11.6 Å². The quantitative estimate of drug-likeness (QED) is 0.640. The van der Waals surface area contributed by atoms with Crippen LogP contribution in [0, 0.1) is 0 Å². The van der Waals surface area contributed by atoms with Crippen LogP contribution in [-0.2, 0) is 6.54 Å². The van der Waals surface area contributed by atoms with Gasteiger partial charge in [-0.05, 0) is 18.2 Å². The number of nitrogens with one attached hydrogen (secondary N) is 1. The van der Waals surface area contributed by atoms with Gasteiger partial charge >= 0.3 is 0 Å². The van der Waals surface area contributed by atoms with E-state index in [4.69, 9.17) is 11.6 Å². The van der Waals surface area contributed by atoms with E-state index in [1.165, 1.54) is 23.4 Å². The Balaban J connectivity index is 0.000000980. The topological polar surface area (TPSA) is 4.44 Å². The summed E-state index contributed by atoms with van der Waals surface area (Å²) in [5, 5.41) is 0.815. The van der Waals surface area contributed by atoms with E-state index < -0.39 is 0 Å². The van der Waals surface area contributed by atoms with Crippen LogP contribution in [0.25, 0.3) is 0 Å². The predicted octanol–water partition coefficient (Wildman–Crippen LogP) is -1.35. The van der Waals surface area contributed by atoms with Gasteiger partial charge in [-0.15, -0.1) is 0 Å². The predicted molar refractivity (Wildman–Crippen MR) is 54.7 cm³/mol. The molecule has 76 valence electrons. The minimum Gasteiger partial charge on any atom is -1.00 e. The van der Waals surface area contributed by atoms with Crippen LogP contribution in [0.4, 0.5) is 0 Å². The zero-order valence-corrected chi connectivity index (χ0v) is 9.35. The summed E-state index contributed by atoms with van der Waals surface area (Å²) in [4.78, 5) is 1.53. The summed E-state index contributed by atoms with van der Waals surface area (Å²) < 4.78 is 0. The molecule has 0 saturated heterocycles. The minimum atomic E-state index is 0. The van der Waals surface area contributed by atoms with Crippen LogP contribution in [0.15, 0.2) is 36.5 Å². The standard InChI is InChI=1S/C11H12ClN.ClH/c12-11-5-3-10(4-6-11)9-13-7-1-2-8-13;/h1,3-7H,2,8-9H2;1H. The first kappa shape index (κ1) is 11.6. The molecule has 1 unspecified atom stereocenters. The number of halogens is 2. The molecule has 0 aromatic heterocycles. The molecule has 1 nitrogen and oxygen atoms in total. The molecule has 1 aromatic rings. The lowest BCUT2D eigenvalue weighted by molar-refractivity contribution is -0.855. The van der Waals surface area contributed by atoms with E-state index in [9.17, 15) is 0 Å². The van der Waals surface area contributed by atoms with E-state index in [1.807, 2.05) is 12.1 Å². The van der Waals surface area contributed by atoms with Crippen LogP contribution < -0.4 is 17.3 Å². The number of rotatable bonds is 2. The highest BCUT2D eigenvalue weighted by Crippen LogP contribution is 2.08. The molecule has 1 aliphatic rings. The molecule has 1 aromatic carbocycles. The Morgan fingerprint density at radius 2 is 1.93 bits per heavy atom. The lowest BCUT2D eigenvalue weighted by Gasteiger charge is -2.09. The van der Waals surface area contributed by atoms with Gasteiger partial charge in [-0.3, -0.25) is 0 Å². The molecule has 0 fully saturated rings. The third-order valence-electron chi connectivity index (χ3n) is 2.33. The molecule has 0 radical (unpaired) electrons. The lowest BCUT2D eigenvalue weighted by atomic mass is 10.2. The van der Waals surface area contributed by atoms with Crippen molar-refractivity contribution in [3.63, 3.8) is 0 Å². The van der Waals surface area contributed by atoms with Crippen molar-refractivity contribution in [1.29, 1.82) is 0 Å². The van der Waals surface area contributed by atoms with Gasteiger partial charge in [0.25, 0.3) is 0 Å². The summed E-state index contributed by atoms with van der Waals surface area (Å²) in [6.07, 6.45) is 5.70. The highest BCUT2D eigenvalue weighted by atomic mass is 35.5. The van der Waals surface area contributed by atoms with E-state index in [-0.39, 0.29) is 12.4 Å². The highest BCUT2D eigenvalue weighted by Gasteiger charge is 2.09. The fraction of sp³-hybridized carbons (Fsp3) is 0.273. The maximum atomic E-state index is 5.81. The van der Waals surface area contributed by atoms with Gasteiger partial charge in [0.05, 0.1) is 12.7 Å². The van der Waals surface area contributed by atoms with Crippen molar-refractivity contribution in [2.75, 3.05) is 6.54 Å². The molecule has 1 aliphatic heterocycles. The smallest absolute Gasteiger partial charge is 0.107 e. The monoisotopic (exact) mass is 229 g/mol. The molecular formula is C11H13Cl2N. The molecular weight excluding hydrogens is 217 g/mol. The Morgan fingerprint density at radius 3 is 2.50 bits per heavy atom. The SMILES string of the molecule is Clc1ccc(C[NH+]2C=CCC2)cc1.[Cl-]. The number of quaternary nitrogens is 1. The van der Waals surface area contributed by atoms with E-state index in [2.05, 4.69) is 24.4 Å². The van der Waals surface area contributed by atoms with Gasteiger partial charge in [-0.2, -0.15) is 0 Å².